The van der Waals surface area contributed by atoms with E-state index in [-0.39, 0.29) is 0 Å². The van der Waals surface area contributed by atoms with Crippen LogP contribution in [0.1, 0.15) is 23.6 Å². The van der Waals surface area contributed by atoms with Crippen molar-refractivity contribution in [1.82, 2.24) is 0 Å². The second-order valence-corrected chi connectivity index (χ2v) is 2.74. The molecule has 0 saturated carbocycles. The molecule has 0 heterocycles. The third-order valence-corrected chi connectivity index (χ3v) is 1.99. The lowest BCUT2D eigenvalue weighted by Crippen LogP contribution is -1.86. The Kier molecular flexibility index (Phi) is 2.48. The molecule has 1 rings (SSSR count). The van der Waals surface area contributed by atoms with Gasteiger partial charge in [0, 0.05) is 0 Å². The van der Waals surface area contributed by atoms with Crippen LogP contribution >= 0.6 is 0 Å². The standard InChI is InChI=1S/C11H14/c1-4-10-7-6-9(3)11(5-2)8-10/h4,6-8H,1,5H2,2-3H3. The molecule has 0 heteroatoms. The van der Waals surface area contributed by atoms with Crippen LogP contribution in [-0.4, -0.2) is 0 Å². The minimum Gasteiger partial charge on any atom is -0.0985 e. The highest BCUT2D eigenvalue weighted by Gasteiger charge is 1.94. The molecule has 0 fully saturated rings. The molecule has 0 unspecified atom stereocenters. The van der Waals surface area contributed by atoms with E-state index in [9.17, 15) is 0 Å². The summed E-state index contributed by atoms with van der Waals surface area (Å²) in [5.74, 6) is 0. The fourth-order valence-electron chi connectivity index (χ4n) is 1.20. The predicted octanol–water partition coefficient (Wildman–Crippen LogP) is 3.20. The van der Waals surface area contributed by atoms with E-state index in [1.54, 1.807) is 0 Å². The van der Waals surface area contributed by atoms with Gasteiger partial charge in [-0.1, -0.05) is 37.8 Å². The third kappa shape index (κ3) is 1.70. The number of hydrogen-bond donors (Lipinski definition) is 0. The van der Waals surface area contributed by atoms with E-state index in [4.69, 9.17) is 0 Å². The molecule has 0 saturated heterocycles. The van der Waals surface area contributed by atoms with Gasteiger partial charge in [-0.2, -0.15) is 0 Å². The molecule has 1 aromatic rings. The van der Waals surface area contributed by atoms with Gasteiger partial charge in [-0.25, -0.2) is 0 Å². The van der Waals surface area contributed by atoms with Gasteiger partial charge in [-0.3, -0.25) is 0 Å². The monoisotopic (exact) mass is 146 g/mol. The fraction of sp³-hybridized carbons (Fsp3) is 0.273. The molecule has 0 radical (unpaired) electrons. The molecule has 0 atom stereocenters. The summed E-state index contributed by atoms with van der Waals surface area (Å²) in [6.45, 7) is 8.06. The van der Waals surface area contributed by atoms with Crippen LogP contribution in [-0.2, 0) is 6.42 Å². The summed E-state index contributed by atoms with van der Waals surface area (Å²) < 4.78 is 0. The number of hydrogen-bond acceptors (Lipinski definition) is 0. The Morgan fingerprint density at radius 2 is 2.18 bits per heavy atom. The van der Waals surface area contributed by atoms with E-state index in [1.807, 2.05) is 6.08 Å². The summed E-state index contributed by atoms with van der Waals surface area (Å²) in [4.78, 5) is 0. The molecule has 0 aromatic heterocycles. The maximum absolute atomic E-state index is 3.74. The highest BCUT2D eigenvalue weighted by molar-refractivity contribution is 5.49. The van der Waals surface area contributed by atoms with Crippen molar-refractivity contribution in [3.63, 3.8) is 0 Å². The average Bonchev–Trinajstić information content (AvgIpc) is 2.05. The molecular weight excluding hydrogens is 132 g/mol. The Balaban J connectivity index is 3.12. The summed E-state index contributed by atoms with van der Waals surface area (Å²) in [5, 5.41) is 0. The Morgan fingerprint density at radius 1 is 1.45 bits per heavy atom. The normalized spacial score (nSPS) is 9.64. The molecule has 58 valence electrons. The van der Waals surface area contributed by atoms with Crippen LogP contribution in [0, 0.1) is 6.92 Å². The zero-order chi connectivity index (χ0) is 8.27. The largest absolute Gasteiger partial charge is 0.0985 e. The molecule has 0 aliphatic rings. The third-order valence-electron chi connectivity index (χ3n) is 1.99. The van der Waals surface area contributed by atoms with E-state index in [0.717, 1.165) is 6.42 Å². The van der Waals surface area contributed by atoms with Crippen LogP contribution < -0.4 is 0 Å². The topological polar surface area (TPSA) is 0 Å². The lowest BCUT2D eigenvalue weighted by atomic mass is 10.0. The molecule has 0 aliphatic heterocycles. The summed E-state index contributed by atoms with van der Waals surface area (Å²) in [6, 6.07) is 6.44. The highest BCUT2D eigenvalue weighted by Crippen LogP contribution is 2.12. The van der Waals surface area contributed by atoms with Gasteiger partial charge in [0.05, 0.1) is 0 Å². The quantitative estimate of drug-likeness (QED) is 0.601. The lowest BCUT2D eigenvalue weighted by Gasteiger charge is -2.02. The molecule has 0 bridgehead atoms. The number of rotatable bonds is 2. The van der Waals surface area contributed by atoms with Crippen LogP contribution in [0.15, 0.2) is 24.8 Å². The molecule has 1 aromatic carbocycles. The fourth-order valence-corrected chi connectivity index (χ4v) is 1.20. The van der Waals surface area contributed by atoms with Crippen molar-refractivity contribution in [2.45, 2.75) is 20.3 Å². The van der Waals surface area contributed by atoms with Crippen LogP contribution in [0.3, 0.4) is 0 Å². The van der Waals surface area contributed by atoms with Gasteiger partial charge in [0.1, 0.15) is 0 Å². The Hall–Kier alpha value is -1.04. The molecule has 11 heavy (non-hydrogen) atoms. The zero-order valence-electron chi connectivity index (χ0n) is 7.22. The Morgan fingerprint density at radius 3 is 2.73 bits per heavy atom. The average molecular weight is 146 g/mol. The smallest absolute Gasteiger partial charge is 0.0260 e. The van der Waals surface area contributed by atoms with E-state index in [0.29, 0.717) is 0 Å². The van der Waals surface area contributed by atoms with Crippen molar-refractivity contribution in [2.75, 3.05) is 0 Å². The second-order valence-electron chi connectivity index (χ2n) is 2.74. The number of aryl methyl sites for hydroxylation is 2. The Labute approximate surface area is 68.6 Å². The summed E-state index contributed by atoms with van der Waals surface area (Å²) in [6.07, 6.45) is 2.99. The van der Waals surface area contributed by atoms with E-state index >= 15 is 0 Å². The van der Waals surface area contributed by atoms with Crippen molar-refractivity contribution in [2.24, 2.45) is 0 Å². The summed E-state index contributed by atoms with van der Waals surface area (Å²) in [7, 11) is 0. The summed E-state index contributed by atoms with van der Waals surface area (Å²) >= 11 is 0. The van der Waals surface area contributed by atoms with E-state index < -0.39 is 0 Å². The van der Waals surface area contributed by atoms with Gasteiger partial charge >= 0.3 is 0 Å². The van der Waals surface area contributed by atoms with Crippen molar-refractivity contribution in [3.8, 4) is 0 Å². The molecule has 0 spiro atoms. The first-order valence-electron chi connectivity index (χ1n) is 4.00. The first-order valence-corrected chi connectivity index (χ1v) is 4.00. The van der Waals surface area contributed by atoms with Crippen LogP contribution in [0.2, 0.25) is 0 Å². The van der Waals surface area contributed by atoms with Gasteiger partial charge in [-0.15, -0.1) is 0 Å². The van der Waals surface area contributed by atoms with Crippen molar-refractivity contribution < 1.29 is 0 Å². The van der Waals surface area contributed by atoms with Gasteiger partial charge in [0.25, 0.3) is 0 Å². The van der Waals surface area contributed by atoms with Crippen LogP contribution in [0.4, 0.5) is 0 Å². The summed E-state index contributed by atoms with van der Waals surface area (Å²) in [5.41, 5.74) is 4.01. The molecule has 0 N–H and O–H groups in total. The van der Waals surface area contributed by atoms with Crippen molar-refractivity contribution in [3.05, 3.63) is 41.5 Å². The van der Waals surface area contributed by atoms with Crippen molar-refractivity contribution in [1.29, 1.82) is 0 Å². The van der Waals surface area contributed by atoms with Gasteiger partial charge in [0.2, 0.25) is 0 Å². The molecule has 0 aliphatic carbocycles. The first kappa shape index (κ1) is 8.06. The number of benzene rings is 1. The zero-order valence-corrected chi connectivity index (χ0v) is 7.22. The SMILES string of the molecule is C=Cc1ccc(C)c(CC)c1. The van der Waals surface area contributed by atoms with Crippen molar-refractivity contribution >= 4 is 6.08 Å². The first-order chi connectivity index (χ1) is 5.27. The highest BCUT2D eigenvalue weighted by atomic mass is 14.0. The minimum atomic E-state index is 1.10. The molecule has 0 amide bonds. The van der Waals surface area contributed by atoms with Gasteiger partial charge in [0.15, 0.2) is 0 Å². The molecule has 0 nitrogen and oxygen atoms in total. The van der Waals surface area contributed by atoms with E-state index in [1.165, 1.54) is 16.7 Å². The van der Waals surface area contributed by atoms with Crippen LogP contribution in [0.5, 0.6) is 0 Å². The Bertz CT molecular complexity index is 259. The predicted molar refractivity (Wildman–Crippen MR) is 50.6 cm³/mol. The van der Waals surface area contributed by atoms with E-state index in [2.05, 4.69) is 38.6 Å². The maximum Gasteiger partial charge on any atom is -0.0260 e. The van der Waals surface area contributed by atoms with Gasteiger partial charge in [-0.05, 0) is 30.0 Å². The van der Waals surface area contributed by atoms with Gasteiger partial charge < -0.3 is 0 Å². The lowest BCUT2D eigenvalue weighted by molar-refractivity contribution is 1.11. The van der Waals surface area contributed by atoms with Crippen LogP contribution in [0.25, 0.3) is 6.08 Å². The second kappa shape index (κ2) is 3.38. The maximum atomic E-state index is 3.74. The minimum absolute atomic E-state index is 1.10. The molecular formula is C11H14.